The molecule has 0 aliphatic carbocycles. The van der Waals surface area contributed by atoms with Crippen molar-refractivity contribution in [3.63, 3.8) is 0 Å². The van der Waals surface area contributed by atoms with E-state index < -0.39 is 0 Å². The zero-order valence-corrected chi connectivity index (χ0v) is 13.5. The highest BCUT2D eigenvalue weighted by Gasteiger charge is 2.03. The van der Waals surface area contributed by atoms with Gasteiger partial charge in [0.05, 0.1) is 13.2 Å². The number of rotatable bonds is 8. The summed E-state index contributed by atoms with van der Waals surface area (Å²) in [5.74, 6) is 0.497. The molecule has 0 bridgehead atoms. The van der Waals surface area contributed by atoms with E-state index in [0.29, 0.717) is 18.8 Å². The van der Waals surface area contributed by atoms with Crippen LogP contribution in [0.5, 0.6) is 0 Å². The summed E-state index contributed by atoms with van der Waals surface area (Å²) in [4.78, 5) is 12.4. The molecular formula is C18H20O3S. The maximum absolute atomic E-state index is 11.2. The Morgan fingerprint density at radius 1 is 1.09 bits per heavy atom. The Balaban J connectivity index is 1.68. The lowest BCUT2D eigenvalue weighted by Gasteiger charge is -2.07. The summed E-state index contributed by atoms with van der Waals surface area (Å²) in [7, 11) is 0. The van der Waals surface area contributed by atoms with Gasteiger partial charge < -0.3 is 9.47 Å². The van der Waals surface area contributed by atoms with E-state index in [4.69, 9.17) is 9.47 Å². The van der Waals surface area contributed by atoms with Gasteiger partial charge in [-0.05, 0) is 23.8 Å². The molecule has 0 atom stereocenters. The maximum atomic E-state index is 11.2. The first-order valence-electron chi connectivity index (χ1n) is 7.19. The van der Waals surface area contributed by atoms with Crippen LogP contribution in [0.2, 0.25) is 0 Å². The van der Waals surface area contributed by atoms with Gasteiger partial charge in [0.15, 0.2) is 0 Å². The third-order valence-corrected chi connectivity index (χ3v) is 4.08. The van der Waals surface area contributed by atoms with Crippen LogP contribution in [0.15, 0.2) is 59.5 Å². The number of hydrogen-bond donors (Lipinski definition) is 0. The Morgan fingerprint density at radius 2 is 1.86 bits per heavy atom. The average molecular weight is 316 g/mol. The molecule has 2 aromatic carbocycles. The summed E-state index contributed by atoms with van der Waals surface area (Å²) >= 11 is 1.77. The minimum Gasteiger partial charge on any atom is -0.460 e. The molecular weight excluding hydrogens is 296 g/mol. The van der Waals surface area contributed by atoms with Gasteiger partial charge in [0.2, 0.25) is 0 Å². The minimum atomic E-state index is -0.367. The first-order valence-corrected chi connectivity index (χ1v) is 8.18. The van der Waals surface area contributed by atoms with Gasteiger partial charge in [0, 0.05) is 16.2 Å². The van der Waals surface area contributed by atoms with Crippen LogP contribution in [-0.4, -0.2) is 31.5 Å². The van der Waals surface area contributed by atoms with E-state index in [-0.39, 0.29) is 12.6 Å². The van der Waals surface area contributed by atoms with E-state index in [9.17, 15) is 4.79 Å². The number of esters is 1. The molecule has 0 N–H and O–H groups in total. The predicted octanol–water partition coefficient (Wildman–Crippen LogP) is 4.07. The molecule has 0 amide bonds. The second-order valence-electron chi connectivity index (χ2n) is 4.85. The largest absolute Gasteiger partial charge is 0.460 e. The van der Waals surface area contributed by atoms with E-state index in [1.165, 1.54) is 15.7 Å². The molecule has 0 saturated carbocycles. The summed E-state index contributed by atoms with van der Waals surface area (Å²) < 4.78 is 10.4. The Labute approximate surface area is 135 Å². The molecule has 2 rings (SSSR count). The van der Waals surface area contributed by atoms with Crippen molar-refractivity contribution in [2.45, 2.75) is 11.8 Å². The van der Waals surface area contributed by atoms with Crippen LogP contribution < -0.4 is 0 Å². The smallest absolute Gasteiger partial charge is 0.333 e. The fourth-order valence-corrected chi connectivity index (χ4v) is 2.89. The molecule has 2 aromatic rings. The van der Waals surface area contributed by atoms with Crippen LogP contribution in [0.1, 0.15) is 6.92 Å². The van der Waals surface area contributed by atoms with E-state index in [1.54, 1.807) is 18.7 Å². The van der Waals surface area contributed by atoms with Crippen molar-refractivity contribution in [3.05, 3.63) is 54.6 Å². The molecule has 0 aliphatic heterocycles. The van der Waals surface area contributed by atoms with Gasteiger partial charge in [0.25, 0.3) is 0 Å². The number of carbonyl (C=O) groups is 1. The molecule has 0 unspecified atom stereocenters. The number of benzene rings is 2. The molecule has 116 valence electrons. The monoisotopic (exact) mass is 316 g/mol. The minimum absolute atomic E-state index is 0.268. The van der Waals surface area contributed by atoms with Gasteiger partial charge in [-0.15, -0.1) is 11.8 Å². The van der Waals surface area contributed by atoms with Crippen molar-refractivity contribution < 1.29 is 14.3 Å². The van der Waals surface area contributed by atoms with Crippen molar-refractivity contribution >= 4 is 28.5 Å². The van der Waals surface area contributed by atoms with Crippen molar-refractivity contribution in [1.82, 2.24) is 0 Å². The zero-order valence-electron chi connectivity index (χ0n) is 12.7. The molecule has 0 aromatic heterocycles. The SMILES string of the molecule is C=C(C)C(=O)OCCOCCSc1cccc2ccccc12. The van der Waals surface area contributed by atoms with Gasteiger partial charge >= 0.3 is 5.97 Å². The lowest BCUT2D eigenvalue weighted by molar-refractivity contribution is -0.140. The summed E-state index contributed by atoms with van der Waals surface area (Å²) in [6.07, 6.45) is 0. The zero-order chi connectivity index (χ0) is 15.8. The van der Waals surface area contributed by atoms with Crippen molar-refractivity contribution in [3.8, 4) is 0 Å². The van der Waals surface area contributed by atoms with Crippen LogP contribution in [0.3, 0.4) is 0 Å². The number of ether oxygens (including phenoxy) is 2. The second-order valence-corrected chi connectivity index (χ2v) is 5.99. The number of hydrogen-bond acceptors (Lipinski definition) is 4. The summed E-state index contributed by atoms with van der Waals surface area (Å²) in [5.41, 5.74) is 0.409. The van der Waals surface area contributed by atoms with E-state index in [2.05, 4.69) is 43.0 Å². The number of fused-ring (bicyclic) bond motifs is 1. The standard InChI is InChI=1S/C18H20O3S/c1-14(2)18(19)21-11-10-20-12-13-22-17-9-5-7-15-6-3-4-8-16(15)17/h3-9H,1,10-13H2,2H3. The molecule has 0 radical (unpaired) electrons. The maximum Gasteiger partial charge on any atom is 0.333 e. The molecule has 0 spiro atoms. The van der Waals surface area contributed by atoms with E-state index in [0.717, 1.165) is 5.75 Å². The highest BCUT2D eigenvalue weighted by atomic mass is 32.2. The highest BCUT2D eigenvalue weighted by molar-refractivity contribution is 7.99. The Morgan fingerprint density at radius 3 is 2.68 bits per heavy atom. The fraction of sp³-hybridized carbons (Fsp3) is 0.278. The summed E-state index contributed by atoms with van der Waals surface area (Å²) in [5, 5.41) is 2.52. The lowest BCUT2D eigenvalue weighted by Crippen LogP contribution is -2.11. The normalized spacial score (nSPS) is 10.6. The molecule has 0 fully saturated rings. The van der Waals surface area contributed by atoms with Crippen LogP contribution in [-0.2, 0) is 14.3 Å². The van der Waals surface area contributed by atoms with Crippen LogP contribution >= 0.6 is 11.8 Å². The number of thioether (sulfide) groups is 1. The quantitative estimate of drug-likeness (QED) is 0.318. The predicted molar refractivity (Wildman–Crippen MR) is 91.3 cm³/mol. The Hall–Kier alpha value is -1.78. The summed E-state index contributed by atoms with van der Waals surface area (Å²) in [6, 6.07) is 14.7. The van der Waals surface area contributed by atoms with Crippen molar-refractivity contribution in [2.24, 2.45) is 0 Å². The molecule has 0 heterocycles. The molecule has 0 aliphatic rings. The second kappa shape index (κ2) is 8.61. The van der Waals surface area contributed by atoms with Crippen molar-refractivity contribution in [1.29, 1.82) is 0 Å². The van der Waals surface area contributed by atoms with Gasteiger partial charge in [-0.1, -0.05) is 43.0 Å². The van der Waals surface area contributed by atoms with Gasteiger partial charge in [-0.3, -0.25) is 0 Å². The Bertz CT molecular complexity index is 646. The first kappa shape index (κ1) is 16.6. The van der Waals surface area contributed by atoms with Gasteiger partial charge in [-0.25, -0.2) is 4.79 Å². The van der Waals surface area contributed by atoms with Crippen LogP contribution in [0, 0.1) is 0 Å². The number of carbonyl (C=O) groups excluding carboxylic acids is 1. The van der Waals surface area contributed by atoms with E-state index >= 15 is 0 Å². The molecule has 0 saturated heterocycles. The average Bonchev–Trinajstić information content (AvgIpc) is 2.53. The fourth-order valence-electron chi connectivity index (χ4n) is 1.95. The first-order chi connectivity index (χ1) is 10.7. The topological polar surface area (TPSA) is 35.5 Å². The summed E-state index contributed by atoms with van der Waals surface area (Å²) in [6.45, 7) is 6.46. The van der Waals surface area contributed by atoms with Gasteiger partial charge in [-0.2, -0.15) is 0 Å². The van der Waals surface area contributed by atoms with Crippen LogP contribution in [0.4, 0.5) is 0 Å². The van der Waals surface area contributed by atoms with Crippen molar-refractivity contribution in [2.75, 3.05) is 25.6 Å². The highest BCUT2D eigenvalue weighted by Crippen LogP contribution is 2.27. The van der Waals surface area contributed by atoms with E-state index in [1.807, 2.05) is 6.07 Å². The van der Waals surface area contributed by atoms with Crippen LogP contribution in [0.25, 0.3) is 10.8 Å². The lowest BCUT2D eigenvalue weighted by atomic mass is 10.1. The van der Waals surface area contributed by atoms with Gasteiger partial charge in [0.1, 0.15) is 6.61 Å². The Kier molecular flexibility index (Phi) is 6.49. The molecule has 3 nitrogen and oxygen atoms in total. The molecule has 22 heavy (non-hydrogen) atoms. The molecule has 4 heteroatoms. The third kappa shape index (κ3) is 4.90. The third-order valence-electron chi connectivity index (χ3n) is 3.04.